The van der Waals surface area contributed by atoms with Gasteiger partial charge >= 0.3 is 0 Å². The Bertz CT molecular complexity index is 255. The molecule has 68 valence electrons. The Balaban J connectivity index is 2.70. The van der Waals surface area contributed by atoms with Gasteiger partial charge in [-0.3, -0.25) is 0 Å². The van der Waals surface area contributed by atoms with Gasteiger partial charge < -0.3 is 9.88 Å². The minimum absolute atomic E-state index is 0.110. The molecule has 12 heavy (non-hydrogen) atoms. The zero-order valence-corrected chi connectivity index (χ0v) is 8.39. The molecular formula is C8H14ClN3. The lowest BCUT2D eigenvalue weighted by molar-refractivity contribution is 0.627. The molecule has 0 bridgehead atoms. The predicted octanol–water partition coefficient (Wildman–Crippen LogP) is 1.85. The molecule has 0 aliphatic heterocycles. The van der Waals surface area contributed by atoms with E-state index in [1.54, 1.807) is 6.20 Å². The lowest BCUT2D eigenvalue weighted by Gasteiger charge is -2.23. The quantitative estimate of drug-likeness (QED) is 0.733. The molecule has 3 nitrogen and oxygen atoms in total. The molecule has 0 saturated heterocycles. The molecule has 0 spiro atoms. The highest BCUT2D eigenvalue weighted by Gasteiger charge is 2.17. The van der Waals surface area contributed by atoms with Crippen LogP contribution in [0.25, 0.3) is 0 Å². The van der Waals surface area contributed by atoms with Gasteiger partial charge in [-0.05, 0) is 13.8 Å². The van der Waals surface area contributed by atoms with Gasteiger partial charge in [-0.1, -0.05) is 0 Å². The minimum Gasteiger partial charge on any atom is -0.350 e. The van der Waals surface area contributed by atoms with E-state index in [4.69, 9.17) is 11.6 Å². The first kappa shape index (κ1) is 9.39. The molecule has 0 saturated carbocycles. The van der Waals surface area contributed by atoms with Crippen LogP contribution in [0, 0.1) is 0 Å². The van der Waals surface area contributed by atoms with Crippen molar-refractivity contribution < 1.29 is 0 Å². The monoisotopic (exact) mass is 187 g/mol. The van der Waals surface area contributed by atoms with Gasteiger partial charge in [0.1, 0.15) is 0 Å². The van der Waals surface area contributed by atoms with Gasteiger partial charge in [-0.25, -0.2) is 4.98 Å². The van der Waals surface area contributed by atoms with Crippen molar-refractivity contribution in [3.8, 4) is 0 Å². The molecule has 0 aliphatic rings. The molecule has 0 radical (unpaired) electrons. The number of imidazole rings is 1. The highest BCUT2D eigenvalue weighted by Crippen LogP contribution is 2.13. The van der Waals surface area contributed by atoms with Gasteiger partial charge in [0.2, 0.25) is 5.95 Å². The standard InChI is InChI=1S/C8H14ClN3/c1-8(2,6-9)11-7-10-4-5-12(7)3/h4-5H,6H2,1-3H3,(H,10,11). The summed E-state index contributed by atoms with van der Waals surface area (Å²) in [6, 6.07) is 0. The van der Waals surface area contributed by atoms with Crippen molar-refractivity contribution in [1.82, 2.24) is 9.55 Å². The first-order valence-corrected chi connectivity index (χ1v) is 4.40. The van der Waals surface area contributed by atoms with Crippen molar-refractivity contribution in [3.05, 3.63) is 12.4 Å². The molecule has 0 unspecified atom stereocenters. The second-order valence-electron chi connectivity index (χ2n) is 3.50. The van der Waals surface area contributed by atoms with E-state index >= 15 is 0 Å². The van der Waals surface area contributed by atoms with Crippen LogP contribution in [-0.4, -0.2) is 21.0 Å². The SMILES string of the molecule is Cn1ccnc1NC(C)(C)CCl. The largest absolute Gasteiger partial charge is 0.350 e. The molecule has 0 atom stereocenters. The predicted molar refractivity (Wildman–Crippen MR) is 51.6 cm³/mol. The first-order chi connectivity index (χ1) is 5.55. The Kier molecular flexibility index (Phi) is 2.62. The summed E-state index contributed by atoms with van der Waals surface area (Å²) in [6.45, 7) is 4.07. The van der Waals surface area contributed by atoms with Crippen LogP contribution in [0.15, 0.2) is 12.4 Å². The number of nitrogens with zero attached hydrogens (tertiary/aromatic N) is 2. The Morgan fingerprint density at radius 2 is 2.33 bits per heavy atom. The normalized spacial score (nSPS) is 11.7. The van der Waals surface area contributed by atoms with E-state index < -0.39 is 0 Å². The summed E-state index contributed by atoms with van der Waals surface area (Å²) in [7, 11) is 1.94. The van der Waals surface area contributed by atoms with Crippen molar-refractivity contribution in [2.45, 2.75) is 19.4 Å². The Hall–Kier alpha value is -0.700. The number of aromatic nitrogens is 2. The van der Waals surface area contributed by atoms with E-state index in [1.165, 1.54) is 0 Å². The molecule has 0 aliphatic carbocycles. The maximum Gasteiger partial charge on any atom is 0.202 e. The molecule has 0 aromatic carbocycles. The van der Waals surface area contributed by atoms with Crippen molar-refractivity contribution in [2.75, 3.05) is 11.2 Å². The molecule has 1 N–H and O–H groups in total. The molecule has 1 aromatic heterocycles. The summed E-state index contributed by atoms with van der Waals surface area (Å²) in [5.74, 6) is 1.40. The number of hydrogen-bond donors (Lipinski definition) is 1. The molecule has 0 amide bonds. The topological polar surface area (TPSA) is 29.9 Å². The molecule has 1 rings (SSSR count). The summed E-state index contributed by atoms with van der Waals surface area (Å²) in [5.41, 5.74) is -0.110. The zero-order chi connectivity index (χ0) is 9.19. The van der Waals surface area contributed by atoms with E-state index in [2.05, 4.69) is 10.3 Å². The number of rotatable bonds is 3. The van der Waals surface area contributed by atoms with E-state index in [0.29, 0.717) is 5.88 Å². The highest BCUT2D eigenvalue weighted by atomic mass is 35.5. The van der Waals surface area contributed by atoms with E-state index in [9.17, 15) is 0 Å². The average Bonchev–Trinajstić information content (AvgIpc) is 2.36. The maximum absolute atomic E-state index is 5.76. The summed E-state index contributed by atoms with van der Waals surface area (Å²) in [4.78, 5) is 4.14. The van der Waals surface area contributed by atoms with Crippen molar-refractivity contribution in [1.29, 1.82) is 0 Å². The maximum atomic E-state index is 5.76. The number of anilines is 1. The highest BCUT2D eigenvalue weighted by molar-refractivity contribution is 6.18. The Morgan fingerprint density at radius 1 is 1.67 bits per heavy atom. The van der Waals surface area contributed by atoms with Gasteiger partial charge in [-0.2, -0.15) is 0 Å². The Labute approximate surface area is 77.7 Å². The van der Waals surface area contributed by atoms with Crippen LogP contribution in [0.5, 0.6) is 0 Å². The van der Waals surface area contributed by atoms with E-state index in [0.717, 1.165) is 5.95 Å². The molecule has 4 heteroatoms. The Morgan fingerprint density at radius 3 is 2.75 bits per heavy atom. The summed E-state index contributed by atoms with van der Waals surface area (Å²) >= 11 is 5.76. The average molecular weight is 188 g/mol. The number of nitrogens with one attached hydrogen (secondary N) is 1. The zero-order valence-electron chi connectivity index (χ0n) is 7.63. The van der Waals surface area contributed by atoms with Crippen LogP contribution in [0.1, 0.15) is 13.8 Å². The number of aryl methyl sites for hydroxylation is 1. The number of halogens is 1. The van der Waals surface area contributed by atoms with Gasteiger partial charge in [0.15, 0.2) is 0 Å². The van der Waals surface area contributed by atoms with Gasteiger partial charge in [0, 0.05) is 30.9 Å². The van der Waals surface area contributed by atoms with Crippen molar-refractivity contribution >= 4 is 17.5 Å². The number of alkyl halides is 1. The van der Waals surface area contributed by atoms with E-state index in [1.807, 2.05) is 31.7 Å². The lowest BCUT2D eigenvalue weighted by atomic mass is 10.1. The fourth-order valence-electron chi connectivity index (χ4n) is 0.822. The molecule has 0 fully saturated rings. The van der Waals surface area contributed by atoms with E-state index in [-0.39, 0.29) is 5.54 Å². The molecule has 1 heterocycles. The van der Waals surface area contributed by atoms with Crippen LogP contribution in [0.3, 0.4) is 0 Å². The van der Waals surface area contributed by atoms with Crippen LogP contribution in [0.2, 0.25) is 0 Å². The smallest absolute Gasteiger partial charge is 0.202 e. The third-order valence-electron chi connectivity index (χ3n) is 1.61. The van der Waals surface area contributed by atoms with Gasteiger partial charge in [0.25, 0.3) is 0 Å². The minimum atomic E-state index is -0.110. The second kappa shape index (κ2) is 3.35. The van der Waals surface area contributed by atoms with Crippen LogP contribution in [-0.2, 0) is 7.05 Å². The summed E-state index contributed by atoms with van der Waals surface area (Å²) in [5, 5.41) is 3.24. The fraction of sp³-hybridized carbons (Fsp3) is 0.625. The van der Waals surface area contributed by atoms with Gasteiger partial charge in [-0.15, -0.1) is 11.6 Å². The lowest BCUT2D eigenvalue weighted by Crippen LogP contribution is -2.33. The van der Waals surface area contributed by atoms with Crippen molar-refractivity contribution in [2.24, 2.45) is 7.05 Å². The fourth-order valence-corrected chi connectivity index (χ4v) is 0.889. The third-order valence-corrected chi connectivity index (χ3v) is 2.27. The van der Waals surface area contributed by atoms with Crippen LogP contribution < -0.4 is 5.32 Å². The van der Waals surface area contributed by atoms with Gasteiger partial charge in [0.05, 0.1) is 0 Å². The summed E-state index contributed by atoms with van der Waals surface area (Å²) < 4.78 is 1.92. The number of hydrogen-bond acceptors (Lipinski definition) is 2. The van der Waals surface area contributed by atoms with Crippen molar-refractivity contribution in [3.63, 3.8) is 0 Å². The molecule has 1 aromatic rings. The van der Waals surface area contributed by atoms with Crippen LogP contribution >= 0.6 is 11.6 Å². The van der Waals surface area contributed by atoms with Crippen LogP contribution in [0.4, 0.5) is 5.95 Å². The third kappa shape index (κ3) is 2.14. The summed E-state index contributed by atoms with van der Waals surface area (Å²) in [6.07, 6.45) is 3.65. The molecular weight excluding hydrogens is 174 g/mol. The second-order valence-corrected chi connectivity index (χ2v) is 3.77. The first-order valence-electron chi connectivity index (χ1n) is 3.86.